The molecule has 0 bridgehead atoms. The van der Waals surface area contributed by atoms with Crippen molar-refractivity contribution in [1.29, 1.82) is 5.26 Å². The van der Waals surface area contributed by atoms with Gasteiger partial charge in [0.1, 0.15) is 17.3 Å². The van der Waals surface area contributed by atoms with Gasteiger partial charge in [-0.1, -0.05) is 28.1 Å². The molecular formula is C24H26BrFN6. The predicted octanol–water partition coefficient (Wildman–Crippen LogP) is 3.54. The number of halogens is 2. The van der Waals surface area contributed by atoms with Crippen LogP contribution in [0.4, 0.5) is 10.1 Å². The van der Waals surface area contributed by atoms with Crippen LogP contribution in [-0.2, 0) is 6.42 Å². The molecule has 2 aliphatic rings. The van der Waals surface area contributed by atoms with Gasteiger partial charge in [-0.3, -0.25) is 4.90 Å². The molecule has 5 rings (SSSR count). The molecule has 2 saturated heterocycles. The zero-order valence-corrected chi connectivity index (χ0v) is 19.7. The van der Waals surface area contributed by atoms with Gasteiger partial charge >= 0.3 is 0 Å². The molecule has 0 aliphatic carbocycles. The lowest BCUT2D eigenvalue weighted by atomic mass is 10.0. The summed E-state index contributed by atoms with van der Waals surface area (Å²) < 4.78 is 17.1. The third kappa shape index (κ3) is 4.01. The third-order valence-electron chi connectivity index (χ3n) is 6.77. The molecule has 2 aliphatic heterocycles. The molecule has 0 unspecified atom stereocenters. The Morgan fingerprint density at radius 1 is 1.12 bits per heavy atom. The Morgan fingerprint density at radius 2 is 1.94 bits per heavy atom. The smallest absolute Gasteiger partial charge is 0.171 e. The summed E-state index contributed by atoms with van der Waals surface area (Å²) in [5.74, 6) is -0.382. The number of aromatic nitrogens is 2. The fourth-order valence-corrected chi connectivity index (χ4v) is 5.42. The minimum atomic E-state index is -0.382. The van der Waals surface area contributed by atoms with Gasteiger partial charge in [0.2, 0.25) is 0 Å². The van der Waals surface area contributed by atoms with Gasteiger partial charge in [-0.2, -0.15) is 10.4 Å². The van der Waals surface area contributed by atoms with E-state index < -0.39 is 0 Å². The Morgan fingerprint density at radius 3 is 2.72 bits per heavy atom. The number of anilines is 1. The van der Waals surface area contributed by atoms with Crippen molar-refractivity contribution in [2.24, 2.45) is 0 Å². The average Bonchev–Trinajstić information content (AvgIpc) is 3.19. The monoisotopic (exact) mass is 496 g/mol. The summed E-state index contributed by atoms with van der Waals surface area (Å²) in [7, 11) is 0. The van der Waals surface area contributed by atoms with Crippen molar-refractivity contribution in [1.82, 2.24) is 19.4 Å². The number of piperazine rings is 2. The summed E-state index contributed by atoms with van der Waals surface area (Å²) in [6, 6.07) is 15.0. The lowest BCUT2D eigenvalue weighted by Crippen LogP contribution is -2.65. The molecule has 0 N–H and O–H groups in total. The lowest BCUT2D eigenvalue weighted by molar-refractivity contribution is 0.0356. The van der Waals surface area contributed by atoms with Crippen molar-refractivity contribution in [3.63, 3.8) is 0 Å². The maximum Gasteiger partial charge on any atom is 0.171 e. The highest BCUT2D eigenvalue weighted by molar-refractivity contribution is 9.10. The van der Waals surface area contributed by atoms with E-state index in [-0.39, 0.29) is 5.82 Å². The molecule has 0 amide bonds. The summed E-state index contributed by atoms with van der Waals surface area (Å²) in [6.07, 6.45) is 2.24. The first-order valence-electron chi connectivity index (χ1n) is 11.1. The number of pyridine rings is 1. The molecule has 32 heavy (non-hydrogen) atoms. The minimum Gasteiger partial charge on any atom is -0.367 e. The van der Waals surface area contributed by atoms with E-state index in [9.17, 15) is 9.65 Å². The molecule has 3 aromatic rings. The zero-order chi connectivity index (χ0) is 22.2. The Hall–Kier alpha value is -2.47. The average molecular weight is 497 g/mol. The van der Waals surface area contributed by atoms with E-state index in [2.05, 4.69) is 73.0 Å². The third-order valence-corrected chi connectivity index (χ3v) is 7.30. The van der Waals surface area contributed by atoms with Crippen molar-refractivity contribution < 1.29 is 4.39 Å². The first kappa shape index (κ1) is 21.4. The molecular weight excluding hydrogens is 471 g/mol. The summed E-state index contributed by atoms with van der Waals surface area (Å²) >= 11 is 3.50. The number of hydrogen-bond acceptors (Lipinski definition) is 5. The Bertz CT molecular complexity index is 1150. The van der Waals surface area contributed by atoms with Crippen LogP contribution in [0.15, 0.2) is 47.1 Å². The van der Waals surface area contributed by atoms with Crippen LogP contribution in [0.3, 0.4) is 0 Å². The second-order valence-corrected chi connectivity index (χ2v) is 9.71. The second-order valence-electron chi connectivity index (χ2n) is 8.79. The van der Waals surface area contributed by atoms with Crippen LogP contribution in [0.1, 0.15) is 18.2 Å². The number of hydrogen-bond donors (Lipinski definition) is 0. The Labute approximate surface area is 196 Å². The van der Waals surface area contributed by atoms with E-state index >= 15 is 0 Å². The summed E-state index contributed by atoms with van der Waals surface area (Å²) in [5, 5.41) is 13.4. The van der Waals surface area contributed by atoms with E-state index in [1.807, 2.05) is 6.07 Å². The fraction of sp³-hybridized carbons (Fsp3) is 0.417. The SMILES string of the molecule is C[C@@H]1CN(c2ccc(C#N)n3ncc(F)c23)C[C@@H]2CN(CCc3ccc(Br)cc3)CCN21. The molecule has 0 spiro atoms. The Kier molecular flexibility index (Phi) is 5.89. The van der Waals surface area contributed by atoms with Crippen LogP contribution in [-0.4, -0.2) is 70.8 Å². The summed E-state index contributed by atoms with van der Waals surface area (Å²) in [5.41, 5.74) is 2.91. The first-order chi connectivity index (χ1) is 15.5. The van der Waals surface area contributed by atoms with Crippen molar-refractivity contribution >= 4 is 27.1 Å². The largest absolute Gasteiger partial charge is 0.367 e. The topological polar surface area (TPSA) is 50.8 Å². The highest BCUT2D eigenvalue weighted by atomic mass is 79.9. The highest BCUT2D eigenvalue weighted by Crippen LogP contribution is 2.30. The fourth-order valence-electron chi connectivity index (χ4n) is 5.16. The summed E-state index contributed by atoms with van der Waals surface area (Å²) in [4.78, 5) is 7.42. The van der Waals surface area contributed by atoms with Crippen molar-refractivity contribution in [3.05, 3.63) is 64.1 Å². The number of fused-ring (bicyclic) bond motifs is 2. The summed E-state index contributed by atoms with van der Waals surface area (Å²) in [6.45, 7) is 8.11. The van der Waals surface area contributed by atoms with Crippen LogP contribution in [0.5, 0.6) is 0 Å². The zero-order valence-electron chi connectivity index (χ0n) is 18.1. The van der Waals surface area contributed by atoms with Crippen molar-refractivity contribution in [2.45, 2.75) is 25.4 Å². The van der Waals surface area contributed by atoms with Crippen LogP contribution < -0.4 is 4.90 Å². The van der Waals surface area contributed by atoms with Gasteiger partial charge < -0.3 is 9.80 Å². The minimum absolute atomic E-state index is 0.344. The van der Waals surface area contributed by atoms with Gasteiger partial charge in [0, 0.05) is 55.8 Å². The number of rotatable bonds is 4. The molecule has 1 aromatic carbocycles. The second kappa shape index (κ2) is 8.81. The maximum atomic E-state index is 14.6. The lowest BCUT2D eigenvalue weighted by Gasteiger charge is -2.51. The van der Waals surface area contributed by atoms with E-state index in [0.29, 0.717) is 23.3 Å². The standard InChI is InChI=1S/C24H26BrFN6/c1-17-14-30(23-7-6-20(12-27)32-24(23)22(26)13-28-32)16-21-15-29(10-11-31(17)21)9-8-18-2-4-19(25)5-3-18/h2-7,13,17,21H,8-11,14-16H2,1H3/t17-,21+/m1/s1. The van der Waals surface area contributed by atoms with Crippen LogP contribution in [0.25, 0.3) is 5.52 Å². The van der Waals surface area contributed by atoms with Gasteiger partial charge in [-0.05, 0) is 43.2 Å². The van der Waals surface area contributed by atoms with Crippen molar-refractivity contribution in [3.8, 4) is 6.07 Å². The van der Waals surface area contributed by atoms with Crippen LogP contribution in [0, 0.1) is 17.1 Å². The molecule has 2 atom stereocenters. The van der Waals surface area contributed by atoms with Crippen LogP contribution >= 0.6 is 15.9 Å². The number of nitrogens with zero attached hydrogens (tertiary/aromatic N) is 6. The van der Waals surface area contributed by atoms with Gasteiger partial charge in [0.15, 0.2) is 5.82 Å². The highest BCUT2D eigenvalue weighted by Gasteiger charge is 2.36. The van der Waals surface area contributed by atoms with Gasteiger partial charge in [-0.25, -0.2) is 8.91 Å². The first-order valence-corrected chi connectivity index (χ1v) is 11.9. The number of nitriles is 1. The molecule has 2 fully saturated rings. The molecule has 4 heterocycles. The maximum absolute atomic E-state index is 14.6. The Balaban J connectivity index is 1.32. The van der Waals surface area contributed by atoms with Gasteiger partial charge in [-0.15, -0.1) is 0 Å². The van der Waals surface area contributed by atoms with E-state index in [1.54, 1.807) is 6.07 Å². The quantitative estimate of drug-likeness (QED) is 0.552. The molecule has 6 nitrogen and oxygen atoms in total. The van der Waals surface area contributed by atoms with E-state index in [4.69, 9.17) is 0 Å². The van der Waals surface area contributed by atoms with Gasteiger partial charge in [0.05, 0.1) is 11.9 Å². The normalized spacial score (nSPS) is 22.1. The molecule has 166 valence electrons. The van der Waals surface area contributed by atoms with Crippen molar-refractivity contribution in [2.75, 3.05) is 44.2 Å². The molecule has 8 heteroatoms. The van der Waals surface area contributed by atoms with E-state index in [0.717, 1.165) is 55.8 Å². The molecule has 0 radical (unpaired) electrons. The molecule has 0 saturated carbocycles. The number of benzene rings is 1. The van der Waals surface area contributed by atoms with Crippen LogP contribution in [0.2, 0.25) is 0 Å². The predicted molar refractivity (Wildman–Crippen MR) is 126 cm³/mol. The van der Waals surface area contributed by atoms with Gasteiger partial charge in [0.25, 0.3) is 0 Å². The molecule has 2 aromatic heterocycles. The van der Waals surface area contributed by atoms with E-state index in [1.165, 1.54) is 16.3 Å².